The van der Waals surface area contributed by atoms with Crippen molar-refractivity contribution in [3.63, 3.8) is 0 Å². The van der Waals surface area contributed by atoms with Gasteiger partial charge in [-0.05, 0) is 19.8 Å². The van der Waals surface area contributed by atoms with Crippen LogP contribution in [-0.2, 0) is 14.3 Å². The topological polar surface area (TPSA) is 38.8 Å². The van der Waals surface area contributed by atoms with E-state index in [1.165, 1.54) is 0 Å². The molecule has 1 heterocycles. The van der Waals surface area contributed by atoms with Gasteiger partial charge in [0.25, 0.3) is 0 Å². The SMILES string of the molecule is C=C(C)C(=O)OC(CCCC)C1CO1. The number of carbonyl (C=O) groups excluding carboxylic acids is 1. The minimum absolute atomic E-state index is 0.0702. The molecule has 0 radical (unpaired) electrons. The quantitative estimate of drug-likeness (QED) is 0.372. The second kappa shape index (κ2) is 5.15. The smallest absolute Gasteiger partial charge is 0.333 e. The Hall–Kier alpha value is -0.830. The van der Waals surface area contributed by atoms with Gasteiger partial charge in [0, 0.05) is 5.57 Å². The van der Waals surface area contributed by atoms with E-state index >= 15 is 0 Å². The van der Waals surface area contributed by atoms with E-state index in [4.69, 9.17) is 9.47 Å². The van der Waals surface area contributed by atoms with Gasteiger partial charge in [0.15, 0.2) is 0 Å². The number of hydrogen-bond donors (Lipinski definition) is 0. The lowest BCUT2D eigenvalue weighted by molar-refractivity contribution is -0.145. The zero-order valence-electron chi connectivity index (χ0n) is 8.91. The van der Waals surface area contributed by atoms with E-state index in [-0.39, 0.29) is 18.2 Å². The van der Waals surface area contributed by atoms with Crippen molar-refractivity contribution < 1.29 is 14.3 Å². The molecule has 1 aliphatic heterocycles. The first-order valence-electron chi connectivity index (χ1n) is 5.13. The van der Waals surface area contributed by atoms with Gasteiger partial charge < -0.3 is 9.47 Å². The predicted octanol–water partition coefficient (Wildman–Crippen LogP) is 2.06. The van der Waals surface area contributed by atoms with Crippen molar-refractivity contribution in [2.45, 2.75) is 45.3 Å². The molecule has 0 spiro atoms. The van der Waals surface area contributed by atoms with Crippen LogP contribution >= 0.6 is 0 Å². The number of rotatable bonds is 6. The van der Waals surface area contributed by atoms with E-state index in [9.17, 15) is 4.79 Å². The van der Waals surface area contributed by atoms with Crippen LogP contribution in [0.1, 0.15) is 33.1 Å². The second-order valence-electron chi connectivity index (χ2n) is 3.74. The zero-order valence-corrected chi connectivity index (χ0v) is 8.91. The molecule has 0 aromatic heterocycles. The predicted molar refractivity (Wildman–Crippen MR) is 54.0 cm³/mol. The van der Waals surface area contributed by atoms with Gasteiger partial charge in [-0.2, -0.15) is 0 Å². The molecule has 14 heavy (non-hydrogen) atoms. The average Bonchev–Trinajstić information content (AvgIpc) is 2.94. The van der Waals surface area contributed by atoms with Gasteiger partial charge >= 0.3 is 5.97 Å². The lowest BCUT2D eigenvalue weighted by Gasteiger charge is -2.15. The van der Waals surface area contributed by atoms with Gasteiger partial charge in [-0.25, -0.2) is 4.79 Å². The van der Waals surface area contributed by atoms with E-state index in [1.807, 2.05) is 0 Å². The lowest BCUT2D eigenvalue weighted by Crippen LogP contribution is -2.24. The number of carbonyl (C=O) groups is 1. The molecule has 3 heteroatoms. The van der Waals surface area contributed by atoms with Crippen molar-refractivity contribution in [3.8, 4) is 0 Å². The van der Waals surface area contributed by atoms with Crippen molar-refractivity contribution in [1.82, 2.24) is 0 Å². The van der Waals surface area contributed by atoms with E-state index in [1.54, 1.807) is 6.92 Å². The van der Waals surface area contributed by atoms with Crippen molar-refractivity contribution >= 4 is 5.97 Å². The first-order valence-corrected chi connectivity index (χ1v) is 5.13. The monoisotopic (exact) mass is 198 g/mol. The Morgan fingerprint density at radius 1 is 1.71 bits per heavy atom. The zero-order chi connectivity index (χ0) is 10.6. The molecule has 1 fully saturated rings. The third-order valence-electron chi connectivity index (χ3n) is 2.22. The minimum Gasteiger partial charge on any atom is -0.456 e. The number of unbranched alkanes of at least 4 members (excludes halogenated alkanes) is 1. The molecule has 0 bridgehead atoms. The first-order chi connectivity index (χ1) is 6.65. The third-order valence-corrected chi connectivity index (χ3v) is 2.22. The number of ether oxygens (including phenoxy) is 2. The molecule has 1 rings (SSSR count). The summed E-state index contributed by atoms with van der Waals surface area (Å²) < 4.78 is 10.4. The fourth-order valence-corrected chi connectivity index (χ4v) is 1.23. The molecule has 0 saturated carbocycles. The molecule has 0 amide bonds. The van der Waals surface area contributed by atoms with Crippen molar-refractivity contribution in [2.24, 2.45) is 0 Å². The molecule has 2 atom stereocenters. The van der Waals surface area contributed by atoms with E-state index in [0.717, 1.165) is 25.9 Å². The Labute approximate surface area is 85.1 Å². The molecular weight excluding hydrogens is 180 g/mol. The summed E-state index contributed by atoms with van der Waals surface area (Å²) in [5.74, 6) is -0.304. The van der Waals surface area contributed by atoms with Crippen molar-refractivity contribution in [2.75, 3.05) is 6.61 Å². The summed E-state index contributed by atoms with van der Waals surface area (Å²) >= 11 is 0. The lowest BCUT2D eigenvalue weighted by atomic mass is 10.1. The highest BCUT2D eigenvalue weighted by Crippen LogP contribution is 2.22. The minimum atomic E-state index is -0.304. The Bertz CT molecular complexity index is 219. The fourth-order valence-electron chi connectivity index (χ4n) is 1.23. The van der Waals surface area contributed by atoms with Crippen LogP contribution in [0.15, 0.2) is 12.2 Å². The molecule has 1 aliphatic rings. The van der Waals surface area contributed by atoms with E-state index < -0.39 is 0 Å². The normalized spacial score (nSPS) is 21.4. The molecule has 3 nitrogen and oxygen atoms in total. The summed E-state index contributed by atoms with van der Waals surface area (Å²) in [6, 6.07) is 0. The van der Waals surface area contributed by atoms with Gasteiger partial charge in [-0.1, -0.05) is 19.9 Å². The molecule has 2 unspecified atom stereocenters. The van der Waals surface area contributed by atoms with E-state index in [2.05, 4.69) is 13.5 Å². The van der Waals surface area contributed by atoms with Crippen LogP contribution in [0, 0.1) is 0 Å². The Balaban J connectivity index is 2.34. The third kappa shape index (κ3) is 3.50. The van der Waals surface area contributed by atoms with Gasteiger partial charge in [0.05, 0.1) is 6.61 Å². The van der Waals surface area contributed by atoms with Crippen LogP contribution in [0.25, 0.3) is 0 Å². The van der Waals surface area contributed by atoms with Crippen LogP contribution in [0.3, 0.4) is 0 Å². The standard InChI is InChI=1S/C11H18O3/c1-4-5-6-9(10-7-13-10)14-11(12)8(2)3/h9-10H,2,4-7H2,1,3H3. The van der Waals surface area contributed by atoms with Crippen LogP contribution < -0.4 is 0 Å². The maximum absolute atomic E-state index is 11.3. The van der Waals surface area contributed by atoms with Crippen molar-refractivity contribution in [1.29, 1.82) is 0 Å². The molecule has 0 N–H and O–H groups in total. The summed E-state index contributed by atoms with van der Waals surface area (Å²) in [6.45, 7) is 8.05. The summed E-state index contributed by atoms with van der Waals surface area (Å²) in [4.78, 5) is 11.3. The molecule has 80 valence electrons. The Kier molecular flexibility index (Phi) is 4.14. The maximum atomic E-state index is 11.3. The highest BCUT2D eigenvalue weighted by molar-refractivity contribution is 5.87. The summed E-state index contributed by atoms with van der Waals surface area (Å²) in [7, 11) is 0. The molecule has 0 aromatic carbocycles. The van der Waals surface area contributed by atoms with Gasteiger partial charge in [-0.15, -0.1) is 0 Å². The second-order valence-corrected chi connectivity index (χ2v) is 3.74. The molecule has 1 saturated heterocycles. The van der Waals surface area contributed by atoms with Crippen molar-refractivity contribution in [3.05, 3.63) is 12.2 Å². The number of epoxide rings is 1. The van der Waals surface area contributed by atoms with Crippen LogP contribution in [0.4, 0.5) is 0 Å². The summed E-state index contributed by atoms with van der Waals surface area (Å²) in [5.41, 5.74) is 0.451. The average molecular weight is 198 g/mol. The molecule has 0 aliphatic carbocycles. The number of esters is 1. The summed E-state index contributed by atoms with van der Waals surface area (Å²) in [6.07, 6.45) is 3.12. The van der Waals surface area contributed by atoms with Gasteiger partial charge in [-0.3, -0.25) is 0 Å². The fraction of sp³-hybridized carbons (Fsp3) is 0.727. The molecular formula is C11H18O3. The van der Waals surface area contributed by atoms with Crippen LogP contribution in [-0.4, -0.2) is 24.8 Å². The van der Waals surface area contributed by atoms with E-state index in [0.29, 0.717) is 5.57 Å². The Morgan fingerprint density at radius 3 is 2.79 bits per heavy atom. The highest BCUT2D eigenvalue weighted by Gasteiger charge is 2.35. The maximum Gasteiger partial charge on any atom is 0.333 e. The van der Waals surface area contributed by atoms with Crippen LogP contribution in [0.2, 0.25) is 0 Å². The largest absolute Gasteiger partial charge is 0.456 e. The van der Waals surface area contributed by atoms with Gasteiger partial charge in [0.1, 0.15) is 12.2 Å². The number of hydrogen-bond acceptors (Lipinski definition) is 3. The first kappa shape index (κ1) is 11.2. The molecule has 0 aromatic rings. The van der Waals surface area contributed by atoms with Gasteiger partial charge in [0.2, 0.25) is 0 Å². The Morgan fingerprint density at radius 2 is 2.36 bits per heavy atom. The van der Waals surface area contributed by atoms with Crippen LogP contribution in [0.5, 0.6) is 0 Å². The summed E-state index contributed by atoms with van der Waals surface area (Å²) in [5, 5.41) is 0. The highest BCUT2D eigenvalue weighted by atomic mass is 16.6.